The molecular weight excluding hydrogens is 568 g/mol. The summed E-state index contributed by atoms with van der Waals surface area (Å²) in [5.41, 5.74) is 4.78. The minimum absolute atomic E-state index is 0.143. The van der Waals surface area contributed by atoms with Crippen LogP contribution in [-0.2, 0) is 16.0 Å². The number of aromatic amines is 1. The van der Waals surface area contributed by atoms with E-state index in [9.17, 15) is 14.4 Å². The molecule has 1 aromatic carbocycles. The van der Waals surface area contributed by atoms with E-state index in [1.807, 2.05) is 53.7 Å². The largest absolute Gasteiger partial charge is 0.444 e. The van der Waals surface area contributed by atoms with Gasteiger partial charge < -0.3 is 29.6 Å². The maximum Gasteiger partial charge on any atom is 0.410 e. The first kappa shape index (κ1) is 34.1. The quantitative estimate of drug-likeness (QED) is 0.390. The summed E-state index contributed by atoms with van der Waals surface area (Å²) in [6.07, 6.45) is 4.10. The molecule has 244 valence electrons. The molecule has 2 N–H and O–H groups in total. The third kappa shape index (κ3) is 9.13. The number of carbonyl (C=O) groups is 2. The number of likely N-dealkylation sites (tertiary alicyclic amines) is 1. The van der Waals surface area contributed by atoms with Crippen LogP contribution in [0.15, 0.2) is 23.0 Å². The molecule has 1 aromatic heterocycles. The van der Waals surface area contributed by atoms with Gasteiger partial charge in [-0.15, -0.1) is 0 Å². The molecule has 0 bridgehead atoms. The zero-order valence-corrected chi connectivity index (χ0v) is 28.1. The van der Waals surface area contributed by atoms with Gasteiger partial charge in [-0.25, -0.2) is 4.79 Å². The van der Waals surface area contributed by atoms with Crippen molar-refractivity contribution in [2.75, 3.05) is 37.7 Å². The summed E-state index contributed by atoms with van der Waals surface area (Å²) in [5.74, 6) is 6.91. The van der Waals surface area contributed by atoms with Gasteiger partial charge in [-0.05, 0) is 109 Å². The highest BCUT2D eigenvalue weighted by molar-refractivity contribution is 5.97. The molecule has 9 heteroatoms. The number of rotatable bonds is 7. The molecule has 2 aliphatic heterocycles. The van der Waals surface area contributed by atoms with Crippen LogP contribution in [0.3, 0.4) is 0 Å². The van der Waals surface area contributed by atoms with Crippen molar-refractivity contribution in [1.82, 2.24) is 15.2 Å². The van der Waals surface area contributed by atoms with Gasteiger partial charge in [0.2, 0.25) is 0 Å². The number of H-pyrrole nitrogens is 1. The summed E-state index contributed by atoms with van der Waals surface area (Å²) in [5, 5.41) is 3.00. The highest BCUT2D eigenvalue weighted by Gasteiger charge is 2.27. The Morgan fingerprint density at radius 3 is 2.40 bits per heavy atom. The van der Waals surface area contributed by atoms with E-state index in [1.54, 1.807) is 4.90 Å². The number of nitrogens with one attached hydrogen (secondary N) is 2. The number of hydrogen-bond donors (Lipinski definition) is 2. The number of nitrogens with zero attached hydrogens (tertiary/aromatic N) is 2. The first-order valence-corrected chi connectivity index (χ1v) is 16.3. The third-order valence-corrected chi connectivity index (χ3v) is 8.72. The van der Waals surface area contributed by atoms with Crippen LogP contribution in [0.1, 0.15) is 98.1 Å². The number of hydrogen-bond acceptors (Lipinski definition) is 6. The fraction of sp³-hybridized carbons (Fsp3) is 0.583. The van der Waals surface area contributed by atoms with Crippen LogP contribution in [0.5, 0.6) is 0 Å². The second kappa shape index (κ2) is 15.0. The fourth-order valence-corrected chi connectivity index (χ4v) is 6.24. The number of benzene rings is 1. The van der Waals surface area contributed by atoms with Gasteiger partial charge in [-0.1, -0.05) is 11.8 Å². The van der Waals surface area contributed by atoms with E-state index in [2.05, 4.69) is 40.0 Å². The van der Waals surface area contributed by atoms with Crippen molar-refractivity contribution < 1.29 is 19.1 Å². The molecule has 45 heavy (non-hydrogen) atoms. The van der Waals surface area contributed by atoms with Gasteiger partial charge in [0.1, 0.15) is 5.60 Å². The van der Waals surface area contributed by atoms with Crippen molar-refractivity contribution in [2.24, 2.45) is 5.92 Å². The van der Waals surface area contributed by atoms with Crippen LogP contribution in [0.2, 0.25) is 0 Å². The zero-order chi connectivity index (χ0) is 32.7. The standard InChI is InChI=1S/C36H50N4O5/c1-8-40(29-14-18-44-19-15-29)32-22-28(11-9-10-27-12-16-39(17-13-27)35(43)45-36(5,6)7)21-30(26(32)4)33(41)37-23-31-24(2)20-25(3)38-34(31)42/h20-22,27,29H,8,10,12-19,23H2,1-7H3,(H,37,41)(H,38,42). The minimum Gasteiger partial charge on any atom is -0.444 e. The average Bonchev–Trinajstić information content (AvgIpc) is 2.98. The van der Waals surface area contributed by atoms with E-state index in [0.29, 0.717) is 36.2 Å². The molecule has 2 aromatic rings. The van der Waals surface area contributed by atoms with Crippen LogP contribution < -0.4 is 15.8 Å². The number of carbonyl (C=O) groups excluding carboxylic acids is 2. The van der Waals surface area contributed by atoms with Crippen LogP contribution >= 0.6 is 0 Å². The Kier molecular flexibility index (Phi) is 11.4. The van der Waals surface area contributed by atoms with Gasteiger partial charge in [-0.3, -0.25) is 9.59 Å². The molecule has 0 unspecified atom stereocenters. The van der Waals surface area contributed by atoms with E-state index in [-0.39, 0.29) is 24.1 Å². The Morgan fingerprint density at radius 1 is 1.09 bits per heavy atom. The van der Waals surface area contributed by atoms with Gasteiger partial charge in [-0.2, -0.15) is 0 Å². The number of ether oxygens (including phenoxy) is 2. The monoisotopic (exact) mass is 618 g/mol. The molecule has 2 fully saturated rings. The average molecular weight is 619 g/mol. The van der Waals surface area contributed by atoms with Crippen LogP contribution in [0, 0.1) is 38.5 Å². The van der Waals surface area contributed by atoms with Crippen molar-refractivity contribution in [2.45, 2.75) is 98.8 Å². The summed E-state index contributed by atoms with van der Waals surface area (Å²) >= 11 is 0. The van der Waals surface area contributed by atoms with Crippen LogP contribution in [0.4, 0.5) is 10.5 Å². The summed E-state index contributed by atoms with van der Waals surface area (Å²) in [6, 6.07) is 6.22. The van der Waals surface area contributed by atoms with Crippen molar-refractivity contribution in [3.05, 3.63) is 62.1 Å². The lowest BCUT2D eigenvalue weighted by atomic mass is 9.93. The SMILES string of the molecule is CCN(c1cc(C#CCC2CCN(C(=O)OC(C)(C)C)CC2)cc(C(=O)NCc2c(C)cc(C)[nH]c2=O)c1C)C1CCOCC1. The van der Waals surface area contributed by atoms with Crippen molar-refractivity contribution in [1.29, 1.82) is 0 Å². The van der Waals surface area contributed by atoms with E-state index in [4.69, 9.17) is 9.47 Å². The molecule has 0 aliphatic carbocycles. The van der Waals surface area contributed by atoms with Gasteiger partial charge in [0.05, 0.1) is 0 Å². The highest BCUT2D eigenvalue weighted by Crippen LogP contribution is 2.30. The van der Waals surface area contributed by atoms with Gasteiger partial charge >= 0.3 is 6.09 Å². The third-order valence-electron chi connectivity index (χ3n) is 8.72. The predicted molar refractivity (Wildman–Crippen MR) is 178 cm³/mol. The normalized spacial score (nSPS) is 16.1. The maximum absolute atomic E-state index is 13.7. The van der Waals surface area contributed by atoms with E-state index < -0.39 is 5.60 Å². The first-order chi connectivity index (χ1) is 21.4. The fourth-order valence-electron chi connectivity index (χ4n) is 6.24. The number of aromatic nitrogens is 1. The molecule has 3 heterocycles. The number of piperidine rings is 1. The maximum atomic E-state index is 13.7. The second-order valence-electron chi connectivity index (χ2n) is 13.3. The van der Waals surface area contributed by atoms with Crippen LogP contribution in [0.25, 0.3) is 0 Å². The molecule has 0 radical (unpaired) electrons. The number of pyridine rings is 1. The molecule has 9 nitrogen and oxygen atoms in total. The van der Waals surface area contributed by atoms with Gasteiger partial charge in [0.15, 0.2) is 0 Å². The minimum atomic E-state index is -0.503. The molecule has 2 saturated heterocycles. The molecule has 2 amide bonds. The topological polar surface area (TPSA) is 104 Å². The summed E-state index contributed by atoms with van der Waals surface area (Å²) in [4.78, 5) is 45.7. The van der Waals surface area contributed by atoms with Crippen molar-refractivity contribution in [3.8, 4) is 11.8 Å². The van der Waals surface area contributed by atoms with Crippen molar-refractivity contribution >= 4 is 17.7 Å². The smallest absolute Gasteiger partial charge is 0.410 e. The highest BCUT2D eigenvalue weighted by atomic mass is 16.6. The number of aryl methyl sites for hydroxylation is 2. The first-order valence-electron chi connectivity index (χ1n) is 16.3. The Bertz CT molecular complexity index is 1480. The van der Waals surface area contributed by atoms with Gasteiger partial charge in [0, 0.05) is 79.9 Å². The lowest BCUT2D eigenvalue weighted by Gasteiger charge is -2.36. The Hall–Kier alpha value is -3.77. The molecule has 4 rings (SSSR count). The Morgan fingerprint density at radius 2 is 1.78 bits per heavy atom. The number of amides is 2. The predicted octanol–water partition coefficient (Wildman–Crippen LogP) is 5.62. The molecule has 2 aliphatic rings. The lowest BCUT2D eigenvalue weighted by Crippen LogP contribution is -2.41. The lowest BCUT2D eigenvalue weighted by molar-refractivity contribution is 0.0185. The molecular formula is C36H50N4O5. The zero-order valence-electron chi connectivity index (χ0n) is 28.1. The second-order valence-corrected chi connectivity index (χ2v) is 13.3. The van der Waals surface area contributed by atoms with Gasteiger partial charge in [0.25, 0.3) is 11.5 Å². The molecule has 0 atom stereocenters. The summed E-state index contributed by atoms with van der Waals surface area (Å²) in [6.45, 7) is 17.2. The van der Waals surface area contributed by atoms with E-state index in [0.717, 1.165) is 79.9 Å². The Balaban J connectivity index is 1.54. The summed E-state index contributed by atoms with van der Waals surface area (Å²) in [7, 11) is 0. The van der Waals surface area contributed by atoms with Crippen LogP contribution in [-0.4, -0.2) is 66.4 Å². The molecule has 0 saturated carbocycles. The van der Waals surface area contributed by atoms with Crippen molar-refractivity contribution in [3.63, 3.8) is 0 Å². The summed E-state index contributed by atoms with van der Waals surface area (Å²) < 4.78 is 11.2. The Labute approximate surface area is 268 Å². The van der Waals surface area contributed by atoms with E-state index in [1.165, 1.54) is 0 Å². The van der Waals surface area contributed by atoms with E-state index >= 15 is 0 Å². The molecule has 0 spiro atoms. The number of anilines is 1.